The molecule has 0 spiro atoms. The van der Waals surface area contributed by atoms with E-state index in [9.17, 15) is 13.6 Å². The van der Waals surface area contributed by atoms with Crippen molar-refractivity contribution in [2.45, 2.75) is 19.9 Å². The van der Waals surface area contributed by atoms with Gasteiger partial charge in [0.25, 0.3) is 5.91 Å². The summed E-state index contributed by atoms with van der Waals surface area (Å²) in [5, 5.41) is 2.55. The van der Waals surface area contributed by atoms with Crippen LogP contribution in [0.15, 0.2) is 16.6 Å². The van der Waals surface area contributed by atoms with Gasteiger partial charge in [0.2, 0.25) is 0 Å². The van der Waals surface area contributed by atoms with Gasteiger partial charge in [0, 0.05) is 11.6 Å². The second kappa shape index (κ2) is 4.70. The van der Waals surface area contributed by atoms with Gasteiger partial charge >= 0.3 is 0 Å². The lowest BCUT2D eigenvalue weighted by atomic mass is 10.2. The van der Waals surface area contributed by atoms with Crippen LogP contribution >= 0.6 is 15.9 Å². The van der Waals surface area contributed by atoms with Crippen molar-refractivity contribution in [3.8, 4) is 0 Å². The summed E-state index contributed by atoms with van der Waals surface area (Å²) >= 11 is 2.73. The SMILES string of the molecule is CC(C)NC(=O)c1cc(F)c(Br)c(F)c1. The highest BCUT2D eigenvalue weighted by molar-refractivity contribution is 9.10. The van der Waals surface area contributed by atoms with Gasteiger partial charge in [-0.2, -0.15) is 0 Å². The zero-order valence-corrected chi connectivity index (χ0v) is 9.86. The van der Waals surface area contributed by atoms with E-state index in [-0.39, 0.29) is 16.1 Å². The Bertz CT molecular complexity index is 370. The molecule has 0 radical (unpaired) electrons. The molecule has 0 fully saturated rings. The van der Waals surface area contributed by atoms with Crippen LogP contribution in [0.4, 0.5) is 8.78 Å². The zero-order chi connectivity index (χ0) is 11.6. The molecule has 1 N–H and O–H groups in total. The predicted octanol–water partition coefficient (Wildman–Crippen LogP) is 2.87. The van der Waals surface area contributed by atoms with Gasteiger partial charge in [0.1, 0.15) is 11.6 Å². The highest BCUT2D eigenvalue weighted by Gasteiger charge is 2.13. The van der Waals surface area contributed by atoms with Crippen LogP contribution in [0.1, 0.15) is 24.2 Å². The summed E-state index contributed by atoms with van der Waals surface area (Å²) in [5.74, 6) is -2.07. The average Bonchev–Trinajstić information content (AvgIpc) is 2.12. The van der Waals surface area contributed by atoms with Crippen LogP contribution in [0, 0.1) is 11.6 Å². The molecule has 0 aromatic heterocycles. The first-order valence-corrected chi connectivity index (χ1v) is 5.16. The zero-order valence-electron chi connectivity index (χ0n) is 8.27. The maximum atomic E-state index is 13.1. The van der Waals surface area contributed by atoms with E-state index in [1.807, 2.05) is 0 Å². The third-order valence-electron chi connectivity index (χ3n) is 1.67. The Hall–Kier alpha value is -0.970. The topological polar surface area (TPSA) is 29.1 Å². The third-order valence-corrected chi connectivity index (χ3v) is 2.42. The lowest BCUT2D eigenvalue weighted by Gasteiger charge is -2.08. The molecule has 82 valence electrons. The summed E-state index contributed by atoms with van der Waals surface area (Å²) in [6.45, 7) is 3.53. The first-order valence-electron chi connectivity index (χ1n) is 4.37. The van der Waals surface area contributed by atoms with Crippen LogP contribution in [0.25, 0.3) is 0 Å². The monoisotopic (exact) mass is 277 g/mol. The van der Waals surface area contributed by atoms with E-state index in [1.165, 1.54) is 0 Å². The summed E-state index contributed by atoms with van der Waals surface area (Å²) < 4.78 is 25.9. The Kier molecular flexibility index (Phi) is 3.79. The quantitative estimate of drug-likeness (QED) is 0.828. The number of hydrogen-bond donors (Lipinski definition) is 1. The number of nitrogens with one attached hydrogen (secondary N) is 1. The van der Waals surface area contributed by atoms with Crippen LogP contribution in [0.5, 0.6) is 0 Å². The van der Waals surface area contributed by atoms with Crippen molar-refractivity contribution in [3.05, 3.63) is 33.8 Å². The molecule has 0 aliphatic carbocycles. The molecule has 0 bridgehead atoms. The van der Waals surface area contributed by atoms with E-state index in [0.29, 0.717) is 0 Å². The van der Waals surface area contributed by atoms with Gasteiger partial charge in [-0.1, -0.05) is 0 Å². The minimum Gasteiger partial charge on any atom is -0.350 e. The Morgan fingerprint density at radius 2 is 1.80 bits per heavy atom. The average molecular weight is 278 g/mol. The van der Waals surface area contributed by atoms with E-state index < -0.39 is 17.5 Å². The molecule has 2 nitrogen and oxygen atoms in total. The first kappa shape index (κ1) is 12.1. The summed E-state index contributed by atoms with van der Waals surface area (Å²) in [5.41, 5.74) is -0.0260. The molecule has 5 heteroatoms. The lowest BCUT2D eigenvalue weighted by Crippen LogP contribution is -2.30. The molecule has 0 atom stereocenters. The summed E-state index contributed by atoms with van der Waals surface area (Å²) in [6.07, 6.45) is 0. The van der Waals surface area contributed by atoms with Crippen LogP contribution in [0.3, 0.4) is 0 Å². The van der Waals surface area contributed by atoms with Crippen LogP contribution < -0.4 is 5.32 Å². The Balaban J connectivity index is 3.01. The summed E-state index contributed by atoms with van der Waals surface area (Å²) in [6, 6.07) is 1.91. The van der Waals surface area contributed by atoms with Crippen molar-refractivity contribution < 1.29 is 13.6 Å². The molecule has 0 unspecified atom stereocenters. The van der Waals surface area contributed by atoms with E-state index in [2.05, 4.69) is 21.2 Å². The minimum atomic E-state index is -0.788. The highest BCUT2D eigenvalue weighted by atomic mass is 79.9. The molecule has 0 aliphatic heterocycles. The molecule has 0 saturated carbocycles. The maximum absolute atomic E-state index is 13.1. The van der Waals surface area contributed by atoms with Crippen molar-refractivity contribution in [2.75, 3.05) is 0 Å². The highest BCUT2D eigenvalue weighted by Crippen LogP contribution is 2.21. The number of benzene rings is 1. The Morgan fingerprint density at radius 1 is 1.33 bits per heavy atom. The number of rotatable bonds is 2. The van der Waals surface area contributed by atoms with Crippen LogP contribution in [-0.4, -0.2) is 11.9 Å². The number of halogens is 3. The van der Waals surface area contributed by atoms with Crippen molar-refractivity contribution >= 4 is 21.8 Å². The largest absolute Gasteiger partial charge is 0.350 e. The third kappa shape index (κ3) is 2.99. The second-order valence-electron chi connectivity index (χ2n) is 3.38. The molecule has 0 saturated heterocycles. The van der Waals surface area contributed by atoms with E-state index in [1.54, 1.807) is 13.8 Å². The molecule has 1 aromatic rings. The van der Waals surface area contributed by atoms with Crippen molar-refractivity contribution in [1.29, 1.82) is 0 Å². The molecule has 1 rings (SSSR count). The molecule has 1 aromatic carbocycles. The summed E-state index contributed by atoms with van der Waals surface area (Å²) in [7, 11) is 0. The minimum absolute atomic E-state index is 0.0260. The van der Waals surface area contributed by atoms with Gasteiger partial charge in [-0.3, -0.25) is 4.79 Å². The van der Waals surface area contributed by atoms with Crippen molar-refractivity contribution in [1.82, 2.24) is 5.32 Å². The van der Waals surface area contributed by atoms with Gasteiger partial charge in [-0.05, 0) is 41.9 Å². The van der Waals surface area contributed by atoms with Gasteiger partial charge in [0.05, 0.1) is 4.47 Å². The number of amides is 1. The second-order valence-corrected chi connectivity index (χ2v) is 4.18. The van der Waals surface area contributed by atoms with Gasteiger partial charge < -0.3 is 5.32 Å². The smallest absolute Gasteiger partial charge is 0.251 e. The number of hydrogen-bond acceptors (Lipinski definition) is 1. The standard InChI is InChI=1S/C10H10BrF2NO/c1-5(2)14-10(15)6-3-7(12)9(11)8(13)4-6/h3-5H,1-2H3,(H,14,15). The van der Waals surface area contributed by atoms with Gasteiger partial charge in [-0.15, -0.1) is 0 Å². The first-order chi connectivity index (χ1) is 6.91. The Morgan fingerprint density at radius 3 is 2.20 bits per heavy atom. The van der Waals surface area contributed by atoms with E-state index >= 15 is 0 Å². The molecular formula is C10H10BrF2NO. The lowest BCUT2D eigenvalue weighted by molar-refractivity contribution is 0.0942. The van der Waals surface area contributed by atoms with Crippen molar-refractivity contribution in [2.24, 2.45) is 0 Å². The predicted molar refractivity (Wildman–Crippen MR) is 56.7 cm³/mol. The Labute approximate surface area is 94.8 Å². The molecular weight excluding hydrogens is 268 g/mol. The van der Waals surface area contributed by atoms with Crippen LogP contribution in [-0.2, 0) is 0 Å². The molecule has 15 heavy (non-hydrogen) atoms. The molecule has 0 aliphatic rings. The van der Waals surface area contributed by atoms with E-state index in [4.69, 9.17) is 0 Å². The van der Waals surface area contributed by atoms with Gasteiger partial charge in [-0.25, -0.2) is 8.78 Å². The fraction of sp³-hybridized carbons (Fsp3) is 0.300. The molecule has 0 heterocycles. The van der Waals surface area contributed by atoms with Crippen LogP contribution in [0.2, 0.25) is 0 Å². The van der Waals surface area contributed by atoms with E-state index in [0.717, 1.165) is 12.1 Å². The molecule has 1 amide bonds. The van der Waals surface area contributed by atoms with Crippen molar-refractivity contribution in [3.63, 3.8) is 0 Å². The maximum Gasteiger partial charge on any atom is 0.251 e. The normalized spacial score (nSPS) is 10.5. The number of carbonyl (C=O) groups is 1. The fourth-order valence-corrected chi connectivity index (χ4v) is 1.26. The fourth-order valence-electron chi connectivity index (χ4n) is 1.03. The number of carbonyl (C=O) groups excluding carboxylic acids is 1. The van der Waals surface area contributed by atoms with Gasteiger partial charge in [0.15, 0.2) is 0 Å². The summed E-state index contributed by atoms with van der Waals surface area (Å²) in [4.78, 5) is 11.4.